The summed E-state index contributed by atoms with van der Waals surface area (Å²) in [6, 6.07) is 2.89. The molecule has 5 atom stereocenters. The molecule has 1 saturated carbocycles. The van der Waals surface area contributed by atoms with E-state index in [4.69, 9.17) is 5.73 Å². The van der Waals surface area contributed by atoms with E-state index < -0.39 is 69.7 Å². The Bertz CT molecular complexity index is 1190. The van der Waals surface area contributed by atoms with Crippen LogP contribution in [-0.2, 0) is 14.4 Å². The summed E-state index contributed by atoms with van der Waals surface area (Å²) in [5, 5.41) is 54.7. The van der Waals surface area contributed by atoms with Gasteiger partial charge >= 0.3 is 1.43 Å². The van der Waals surface area contributed by atoms with E-state index in [0.29, 0.717) is 0 Å². The van der Waals surface area contributed by atoms with Crippen LogP contribution in [0.25, 0.3) is 11.3 Å². The van der Waals surface area contributed by atoms with Gasteiger partial charge in [0.15, 0.2) is 11.4 Å². The molecule has 1 aromatic carbocycles. The third kappa shape index (κ3) is 2.88. The lowest BCUT2D eigenvalue weighted by atomic mass is 9.55. The lowest BCUT2D eigenvalue weighted by Crippen LogP contribution is -3.00. The molecule has 5 unspecified atom stereocenters. The first kappa shape index (κ1) is 24.5. The van der Waals surface area contributed by atoms with E-state index in [1.807, 2.05) is 0 Å². The summed E-state index contributed by atoms with van der Waals surface area (Å²) in [4.78, 5) is 39.8. The number of halogens is 1. The van der Waals surface area contributed by atoms with Crippen LogP contribution in [0.4, 0.5) is 0 Å². The molecule has 176 valence electrons. The molecular formula is C22H23ClN2O8. The number of benzene rings is 1. The number of aromatic hydroxyl groups is 1. The highest BCUT2D eigenvalue weighted by atomic mass is 35.5. The predicted octanol–water partition coefficient (Wildman–Crippen LogP) is -3.48. The fourth-order valence-corrected chi connectivity index (χ4v) is 5.21. The van der Waals surface area contributed by atoms with Crippen LogP contribution in [0.2, 0.25) is 0 Å². The molecule has 4 rings (SSSR count). The number of phenols is 1. The Kier molecular flexibility index (Phi) is 5.71. The van der Waals surface area contributed by atoms with Crippen molar-refractivity contribution in [2.75, 3.05) is 14.1 Å². The van der Waals surface area contributed by atoms with Crippen LogP contribution in [-0.4, -0.2) is 79.7 Å². The molecule has 7 N–H and O–H groups in total. The normalized spacial score (nSPS) is 31.1. The predicted molar refractivity (Wildman–Crippen MR) is 112 cm³/mol. The number of fused-ring (bicyclic) bond motifs is 3. The number of hydrogen-bond acceptors (Lipinski definition) is 9. The maximum atomic E-state index is 13.6. The minimum atomic E-state index is -2.94. The SMILES string of the molecule is C=C1c2cccc(O)c2C(O)=C2C(=O)C3(O)C(O)=C(C(N)=O)C(=O)C(N(C)C)C3C(O)C12.[Cl-].[H+]. The smallest absolute Gasteiger partial charge is 1.00 e. The van der Waals surface area contributed by atoms with Crippen LogP contribution in [0.5, 0.6) is 5.75 Å². The molecule has 0 aromatic heterocycles. The second kappa shape index (κ2) is 7.70. The number of aliphatic hydroxyl groups is 4. The number of phenolic OH excluding ortho intramolecular Hbond substituents is 1. The quantitative estimate of drug-likeness (QED) is 0.235. The number of likely N-dealkylation sites (N-methyl/N-ethyl adjacent to an activating group) is 1. The van der Waals surface area contributed by atoms with Gasteiger partial charge in [0.1, 0.15) is 22.8 Å². The van der Waals surface area contributed by atoms with Crippen LogP contribution >= 0.6 is 0 Å². The van der Waals surface area contributed by atoms with Gasteiger partial charge in [-0.25, -0.2) is 0 Å². The van der Waals surface area contributed by atoms with Crippen LogP contribution in [0.1, 0.15) is 12.6 Å². The number of nitrogens with zero attached hydrogens (tertiary/aromatic N) is 1. The molecule has 0 heterocycles. The Labute approximate surface area is 195 Å². The first-order valence-electron chi connectivity index (χ1n) is 9.71. The molecule has 3 aliphatic rings. The number of Topliss-reactive ketones (excluding diaryl/α,β-unsaturated/α-hetero) is 2. The van der Waals surface area contributed by atoms with Crippen LogP contribution in [0.3, 0.4) is 0 Å². The standard InChI is InChI=1S/C22H22N2O8.ClH/c1-7-8-5-4-6-9(25)11(8)16(26)12-10(7)17(27)14-15(24(2)3)18(28)13(21(23)31)20(30)22(14,32)19(12)29;/h4-6,10,14-15,17,25-27,30,32H,1H2,2-3H3,(H2,23,31);1H. The Morgan fingerprint density at radius 3 is 2.36 bits per heavy atom. The topological polar surface area (TPSA) is 182 Å². The zero-order valence-electron chi connectivity index (χ0n) is 18.6. The Morgan fingerprint density at radius 2 is 1.82 bits per heavy atom. The Morgan fingerprint density at radius 1 is 1.21 bits per heavy atom. The van der Waals surface area contributed by atoms with Gasteiger partial charge in [-0.2, -0.15) is 0 Å². The summed E-state index contributed by atoms with van der Waals surface area (Å²) < 4.78 is 0. The summed E-state index contributed by atoms with van der Waals surface area (Å²) in [6.07, 6.45) is -1.69. The van der Waals surface area contributed by atoms with E-state index in [1.165, 1.54) is 37.2 Å². The molecule has 0 radical (unpaired) electrons. The van der Waals surface area contributed by atoms with Gasteiger partial charge < -0.3 is 43.7 Å². The van der Waals surface area contributed by atoms with E-state index in [0.717, 1.165) is 0 Å². The van der Waals surface area contributed by atoms with Crippen molar-refractivity contribution >= 4 is 28.8 Å². The van der Waals surface area contributed by atoms with Crippen molar-refractivity contribution in [2.45, 2.75) is 17.7 Å². The number of hydrogen-bond donors (Lipinski definition) is 6. The number of ketones is 2. The fourth-order valence-electron chi connectivity index (χ4n) is 5.21. The molecule has 0 saturated heterocycles. The third-order valence-corrected chi connectivity index (χ3v) is 6.61. The third-order valence-electron chi connectivity index (χ3n) is 6.61. The molecule has 0 spiro atoms. The van der Waals surface area contributed by atoms with Crippen LogP contribution < -0.4 is 18.1 Å². The van der Waals surface area contributed by atoms with Gasteiger partial charge in [-0.05, 0) is 31.3 Å². The molecule has 11 heteroatoms. The fraction of sp³-hybridized carbons (Fsp3) is 0.318. The number of carbonyl (C=O) groups excluding carboxylic acids is 3. The zero-order valence-corrected chi connectivity index (χ0v) is 18.4. The lowest BCUT2D eigenvalue weighted by molar-refractivity contribution is -0.166. The van der Waals surface area contributed by atoms with Crippen LogP contribution in [0.15, 0.2) is 41.7 Å². The summed E-state index contributed by atoms with van der Waals surface area (Å²) in [5.74, 6) is -8.78. The van der Waals surface area contributed by atoms with Gasteiger partial charge in [0.2, 0.25) is 5.78 Å². The molecule has 33 heavy (non-hydrogen) atoms. The van der Waals surface area contributed by atoms with Gasteiger partial charge in [-0.3, -0.25) is 19.3 Å². The minimum absolute atomic E-state index is 0. The zero-order chi connectivity index (χ0) is 23.9. The average Bonchev–Trinajstić information content (AvgIpc) is 2.70. The molecule has 1 fully saturated rings. The summed E-state index contributed by atoms with van der Waals surface area (Å²) in [5.41, 5.74) is 1.16. The summed E-state index contributed by atoms with van der Waals surface area (Å²) >= 11 is 0. The Balaban J connectivity index is 0.00000204. The Hall–Kier alpha value is -3.18. The highest BCUT2D eigenvalue weighted by molar-refractivity contribution is 6.25. The molecule has 1 amide bonds. The van der Waals surface area contributed by atoms with Gasteiger partial charge in [0.25, 0.3) is 5.91 Å². The largest absolute Gasteiger partial charge is 1.00 e. The number of aliphatic hydroxyl groups excluding tert-OH is 3. The van der Waals surface area contributed by atoms with Gasteiger partial charge in [-0.1, -0.05) is 18.7 Å². The van der Waals surface area contributed by atoms with E-state index in [9.17, 15) is 39.9 Å². The highest BCUT2D eigenvalue weighted by Crippen LogP contribution is 2.55. The van der Waals surface area contributed by atoms with Crippen molar-refractivity contribution in [1.82, 2.24) is 4.90 Å². The first-order valence-corrected chi connectivity index (χ1v) is 9.71. The average molecular weight is 479 g/mol. The molecule has 1 aromatic rings. The number of nitrogens with two attached hydrogens (primary N) is 1. The lowest BCUT2D eigenvalue weighted by Gasteiger charge is -2.52. The molecule has 0 bridgehead atoms. The van der Waals surface area contributed by atoms with Crippen molar-refractivity contribution in [3.05, 3.63) is 52.8 Å². The van der Waals surface area contributed by atoms with Crippen molar-refractivity contribution in [3.63, 3.8) is 0 Å². The van der Waals surface area contributed by atoms with Crippen LogP contribution in [0, 0.1) is 11.8 Å². The van der Waals surface area contributed by atoms with E-state index >= 15 is 0 Å². The number of carbonyl (C=O) groups is 3. The molecule has 10 nitrogen and oxygen atoms in total. The first-order chi connectivity index (χ1) is 14.9. The van der Waals surface area contributed by atoms with E-state index in [-0.39, 0.29) is 36.3 Å². The second-order valence-electron chi connectivity index (χ2n) is 8.44. The number of primary amides is 1. The maximum Gasteiger partial charge on any atom is 1.00 e. The summed E-state index contributed by atoms with van der Waals surface area (Å²) in [6.45, 7) is 3.91. The molecule has 0 aliphatic heterocycles. The monoisotopic (exact) mass is 478 g/mol. The van der Waals surface area contributed by atoms with Gasteiger partial charge in [-0.15, -0.1) is 0 Å². The van der Waals surface area contributed by atoms with E-state index in [2.05, 4.69) is 6.58 Å². The number of rotatable bonds is 2. The van der Waals surface area contributed by atoms with Crippen molar-refractivity contribution in [2.24, 2.45) is 17.6 Å². The van der Waals surface area contributed by atoms with Gasteiger partial charge in [0.05, 0.1) is 29.2 Å². The van der Waals surface area contributed by atoms with Crippen molar-refractivity contribution < 1.29 is 53.7 Å². The minimum Gasteiger partial charge on any atom is -1.00 e. The molecule has 3 aliphatic carbocycles. The molecular weight excluding hydrogens is 456 g/mol. The second-order valence-corrected chi connectivity index (χ2v) is 8.44. The van der Waals surface area contributed by atoms with E-state index in [1.54, 1.807) is 0 Å². The van der Waals surface area contributed by atoms with Crippen molar-refractivity contribution in [3.8, 4) is 5.75 Å². The summed E-state index contributed by atoms with van der Waals surface area (Å²) in [7, 11) is 2.88. The number of amides is 1. The van der Waals surface area contributed by atoms with Gasteiger partial charge in [0, 0.05) is 5.92 Å². The maximum absolute atomic E-state index is 13.6. The van der Waals surface area contributed by atoms with Crippen molar-refractivity contribution in [1.29, 1.82) is 0 Å². The highest BCUT2D eigenvalue weighted by Gasteiger charge is 2.68.